The van der Waals surface area contributed by atoms with Gasteiger partial charge in [0.05, 0.1) is 13.2 Å². The maximum Gasteiger partial charge on any atom is 0.186 e. The maximum atomic E-state index is 10.1. The van der Waals surface area contributed by atoms with Crippen molar-refractivity contribution in [3.05, 3.63) is 0 Å². The highest BCUT2D eigenvalue weighted by molar-refractivity contribution is 4.90. The molecule has 2 rings (SSSR count). The van der Waals surface area contributed by atoms with Gasteiger partial charge in [-0.25, -0.2) is 0 Å². The van der Waals surface area contributed by atoms with Gasteiger partial charge in [0.1, 0.15) is 48.8 Å². The summed E-state index contributed by atoms with van der Waals surface area (Å²) in [6.45, 7) is -0.753. The Morgan fingerprint density at radius 2 is 1.21 bits per heavy atom. The summed E-state index contributed by atoms with van der Waals surface area (Å²) in [6.07, 6.45) is -15.3. The van der Waals surface area contributed by atoms with Gasteiger partial charge in [-0.1, -0.05) is 0 Å². The van der Waals surface area contributed by atoms with E-state index in [0.29, 0.717) is 0 Å². The van der Waals surface area contributed by atoms with Crippen LogP contribution in [0, 0.1) is 0 Å². The van der Waals surface area contributed by atoms with Crippen LogP contribution in [-0.2, 0) is 18.9 Å². The molecule has 0 aliphatic carbocycles. The molecule has 2 aliphatic heterocycles. The van der Waals surface area contributed by atoms with E-state index in [1.54, 1.807) is 0 Å². The second-order valence-corrected chi connectivity index (χ2v) is 5.82. The monoisotopic (exact) mass is 356 g/mol. The molecule has 0 aromatic rings. The summed E-state index contributed by atoms with van der Waals surface area (Å²) >= 11 is 0. The summed E-state index contributed by atoms with van der Waals surface area (Å²) in [5, 5.41) is 68.7. The molecule has 1 unspecified atom stereocenters. The van der Waals surface area contributed by atoms with Crippen molar-refractivity contribution < 1.29 is 54.7 Å². The zero-order chi connectivity index (χ0) is 18.0. The van der Waals surface area contributed by atoms with Crippen LogP contribution in [0.25, 0.3) is 0 Å². The van der Waals surface area contributed by atoms with Crippen LogP contribution < -0.4 is 0 Å². The van der Waals surface area contributed by atoms with Crippen molar-refractivity contribution in [2.75, 3.05) is 20.3 Å². The Labute approximate surface area is 137 Å². The van der Waals surface area contributed by atoms with E-state index in [9.17, 15) is 35.7 Å². The third-order valence-corrected chi connectivity index (χ3v) is 4.13. The Kier molecular flexibility index (Phi) is 6.87. The van der Waals surface area contributed by atoms with E-state index in [4.69, 9.17) is 18.9 Å². The first-order chi connectivity index (χ1) is 11.3. The fraction of sp³-hybridized carbons (Fsp3) is 1.00. The summed E-state index contributed by atoms with van der Waals surface area (Å²) in [6, 6.07) is 0. The second-order valence-electron chi connectivity index (χ2n) is 5.82. The van der Waals surface area contributed by atoms with E-state index in [2.05, 4.69) is 0 Å². The van der Waals surface area contributed by atoms with Crippen molar-refractivity contribution in [2.24, 2.45) is 0 Å². The Morgan fingerprint density at radius 3 is 1.83 bits per heavy atom. The van der Waals surface area contributed by atoms with Gasteiger partial charge in [-0.05, 0) is 0 Å². The summed E-state index contributed by atoms with van der Waals surface area (Å²) in [7, 11) is 1.24. The fourth-order valence-electron chi connectivity index (χ4n) is 2.57. The number of rotatable bonds is 3. The fourth-order valence-corrected chi connectivity index (χ4v) is 2.57. The van der Waals surface area contributed by atoms with Gasteiger partial charge >= 0.3 is 0 Å². The van der Waals surface area contributed by atoms with Crippen molar-refractivity contribution in [3.8, 4) is 0 Å². The van der Waals surface area contributed by atoms with E-state index < -0.39 is 68.0 Å². The number of ether oxygens (including phenoxy) is 4. The smallest absolute Gasteiger partial charge is 0.186 e. The first-order valence-corrected chi connectivity index (χ1v) is 7.45. The molecule has 0 bridgehead atoms. The highest BCUT2D eigenvalue weighted by Crippen LogP contribution is 2.23. The van der Waals surface area contributed by atoms with Gasteiger partial charge in [-0.3, -0.25) is 0 Å². The second kappa shape index (κ2) is 8.29. The molecular weight excluding hydrogens is 332 g/mol. The number of aliphatic hydroxyl groups is 7. The van der Waals surface area contributed by atoms with Gasteiger partial charge in [-0.2, -0.15) is 0 Å². The van der Waals surface area contributed by atoms with Gasteiger partial charge in [0.15, 0.2) is 12.6 Å². The average molecular weight is 356 g/mol. The largest absolute Gasteiger partial charge is 0.388 e. The van der Waals surface area contributed by atoms with E-state index in [-0.39, 0.29) is 6.61 Å². The lowest BCUT2D eigenvalue weighted by molar-refractivity contribution is -0.254. The summed E-state index contributed by atoms with van der Waals surface area (Å²) < 4.78 is 20.5. The number of methoxy groups -OCH3 is 1. The minimum atomic E-state index is -1.75. The van der Waals surface area contributed by atoms with E-state index in [1.807, 2.05) is 0 Å². The molecule has 7 N–H and O–H groups in total. The van der Waals surface area contributed by atoms with Crippen LogP contribution in [-0.4, -0.2) is 117 Å². The van der Waals surface area contributed by atoms with Gasteiger partial charge in [-0.15, -0.1) is 0 Å². The highest BCUT2D eigenvalue weighted by atomic mass is 16.7. The van der Waals surface area contributed by atoms with Crippen LogP contribution in [0.15, 0.2) is 0 Å². The number of hydrogen-bond acceptors (Lipinski definition) is 11. The van der Waals surface area contributed by atoms with Crippen LogP contribution in [0.4, 0.5) is 0 Å². The van der Waals surface area contributed by atoms with Crippen molar-refractivity contribution in [3.63, 3.8) is 0 Å². The van der Waals surface area contributed by atoms with Gasteiger partial charge < -0.3 is 54.7 Å². The predicted molar refractivity (Wildman–Crippen MR) is 73.4 cm³/mol. The SMILES string of the molecule is CO[C@H]1OC[C@@H](O[C@H]2OC[C@@H](O)[C@@H](O)[C@H](O)[C@@H]2O)[C@@H](O)C(O)[C@@H]1O. The van der Waals surface area contributed by atoms with Gasteiger partial charge in [0.25, 0.3) is 0 Å². The first-order valence-electron chi connectivity index (χ1n) is 7.45. The molecule has 0 spiro atoms. The summed E-state index contributed by atoms with van der Waals surface area (Å²) in [5.41, 5.74) is 0. The summed E-state index contributed by atoms with van der Waals surface area (Å²) in [4.78, 5) is 0. The topological polar surface area (TPSA) is 179 Å². The lowest BCUT2D eigenvalue weighted by atomic mass is 10.0. The molecule has 2 aliphatic rings. The molecule has 11 nitrogen and oxygen atoms in total. The Bertz CT molecular complexity index is 396. The normalized spacial score (nSPS) is 51.0. The minimum absolute atomic E-state index is 0.318. The molecule has 0 amide bonds. The molecule has 10 atom stereocenters. The van der Waals surface area contributed by atoms with Crippen molar-refractivity contribution >= 4 is 0 Å². The molecule has 2 fully saturated rings. The lowest BCUT2D eigenvalue weighted by Crippen LogP contribution is -2.51. The molecule has 0 aromatic carbocycles. The maximum absolute atomic E-state index is 10.1. The zero-order valence-electron chi connectivity index (χ0n) is 13.0. The Balaban J connectivity index is 2.08. The molecule has 2 saturated heterocycles. The molecule has 11 heteroatoms. The highest BCUT2D eigenvalue weighted by Gasteiger charge is 2.45. The van der Waals surface area contributed by atoms with Crippen LogP contribution in [0.2, 0.25) is 0 Å². The van der Waals surface area contributed by atoms with E-state index >= 15 is 0 Å². The van der Waals surface area contributed by atoms with E-state index in [1.165, 1.54) is 7.11 Å². The van der Waals surface area contributed by atoms with Crippen LogP contribution >= 0.6 is 0 Å². The third-order valence-electron chi connectivity index (χ3n) is 4.13. The van der Waals surface area contributed by atoms with Crippen molar-refractivity contribution in [1.82, 2.24) is 0 Å². The van der Waals surface area contributed by atoms with Gasteiger partial charge in [0.2, 0.25) is 0 Å². The van der Waals surface area contributed by atoms with E-state index in [0.717, 1.165) is 0 Å². The van der Waals surface area contributed by atoms with Crippen molar-refractivity contribution in [1.29, 1.82) is 0 Å². The van der Waals surface area contributed by atoms with Crippen LogP contribution in [0.1, 0.15) is 0 Å². The molecule has 0 aromatic heterocycles. The first kappa shape index (κ1) is 19.9. The minimum Gasteiger partial charge on any atom is -0.388 e. The third kappa shape index (κ3) is 4.03. The predicted octanol–water partition coefficient (Wildman–Crippen LogP) is -4.74. The Morgan fingerprint density at radius 1 is 0.667 bits per heavy atom. The molecular formula is C13H24O11. The lowest BCUT2D eigenvalue weighted by Gasteiger charge is -2.31. The molecule has 2 heterocycles. The Hall–Kier alpha value is -0.440. The van der Waals surface area contributed by atoms with Gasteiger partial charge in [0, 0.05) is 7.11 Å². The molecule has 0 saturated carbocycles. The van der Waals surface area contributed by atoms with Crippen LogP contribution in [0.3, 0.4) is 0 Å². The standard InChI is InChI=1S/C13H24O11/c1-21-12-10(19)9(18)7(16)5(3-23-12)24-13-11(20)8(17)6(15)4(14)2-22-13/h4-20H,2-3H2,1H3/t4-,5-,6-,7-,8+,9?,10+,11+,12+,13-/m1/s1. The quantitative estimate of drug-likeness (QED) is 0.258. The molecule has 24 heavy (non-hydrogen) atoms. The number of hydrogen-bond donors (Lipinski definition) is 7. The average Bonchev–Trinajstić information content (AvgIpc) is 2.73. The summed E-state index contributed by atoms with van der Waals surface area (Å²) in [5.74, 6) is 0. The molecule has 142 valence electrons. The molecule has 0 radical (unpaired) electrons. The number of aliphatic hydroxyl groups excluding tert-OH is 7. The van der Waals surface area contributed by atoms with Crippen LogP contribution in [0.5, 0.6) is 0 Å². The van der Waals surface area contributed by atoms with Crippen molar-refractivity contribution in [2.45, 2.75) is 61.4 Å². The zero-order valence-corrected chi connectivity index (χ0v) is 13.0.